The van der Waals surface area contributed by atoms with E-state index < -0.39 is 0 Å². The number of aromatic nitrogens is 2. The topological polar surface area (TPSA) is 68.5 Å². The molecule has 1 fully saturated rings. The van der Waals surface area contributed by atoms with Crippen LogP contribution in [0.25, 0.3) is 11.4 Å². The fourth-order valence-electron chi connectivity index (χ4n) is 3.13. The maximum Gasteiger partial charge on any atom is 0.232 e. The largest absolute Gasteiger partial charge is 0.494 e. The molecule has 0 bridgehead atoms. The Bertz CT molecular complexity index is 938. The molecule has 7 heteroatoms. The van der Waals surface area contributed by atoms with Crippen molar-refractivity contribution < 1.29 is 14.1 Å². The molecule has 0 spiro atoms. The molecule has 0 radical (unpaired) electrons. The zero-order valence-corrected chi connectivity index (χ0v) is 15.5. The molecule has 4 rings (SSSR count). The summed E-state index contributed by atoms with van der Waals surface area (Å²) in [6, 6.07) is 14.7. The highest BCUT2D eigenvalue weighted by Crippen LogP contribution is 2.32. The Morgan fingerprint density at radius 3 is 2.63 bits per heavy atom. The summed E-state index contributed by atoms with van der Waals surface area (Å²) in [5.74, 6) is 1.66. The Labute approximate surface area is 161 Å². The van der Waals surface area contributed by atoms with Gasteiger partial charge in [-0.25, -0.2) is 0 Å². The third kappa shape index (κ3) is 3.66. The summed E-state index contributed by atoms with van der Waals surface area (Å²) in [5, 5.41) is 4.69. The fraction of sp³-hybridized carbons (Fsp3) is 0.250. The minimum atomic E-state index is -0.127. The zero-order chi connectivity index (χ0) is 18.8. The van der Waals surface area contributed by atoms with Gasteiger partial charge in [0.05, 0.1) is 12.5 Å². The molecule has 0 N–H and O–H groups in total. The Kier molecular flexibility index (Phi) is 4.81. The first-order valence-corrected chi connectivity index (χ1v) is 9.14. The van der Waals surface area contributed by atoms with Crippen molar-refractivity contribution in [3.05, 3.63) is 59.4 Å². The lowest BCUT2D eigenvalue weighted by Crippen LogP contribution is -2.24. The van der Waals surface area contributed by atoms with E-state index in [2.05, 4.69) is 10.1 Å². The molecule has 2 aromatic carbocycles. The molecular weight excluding hydrogens is 366 g/mol. The van der Waals surface area contributed by atoms with E-state index in [-0.39, 0.29) is 11.8 Å². The third-order valence-electron chi connectivity index (χ3n) is 4.48. The molecule has 1 saturated heterocycles. The van der Waals surface area contributed by atoms with Crippen LogP contribution in [0.4, 0.5) is 5.69 Å². The first-order chi connectivity index (χ1) is 13.1. The van der Waals surface area contributed by atoms with Gasteiger partial charge in [0, 0.05) is 29.2 Å². The molecule has 0 saturated carbocycles. The van der Waals surface area contributed by atoms with Gasteiger partial charge in [0.1, 0.15) is 5.75 Å². The SMILES string of the molecule is CCOc1ccc(N2C[C@H](c3nc(-c4ccc(Cl)cc4)no3)CC2=O)cc1. The fourth-order valence-corrected chi connectivity index (χ4v) is 3.25. The highest BCUT2D eigenvalue weighted by molar-refractivity contribution is 6.30. The van der Waals surface area contributed by atoms with Crippen LogP contribution in [0.2, 0.25) is 5.02 Å². The van der Waals surface area contributed by atoms with E-state index in [9.17, 15) is 4.79 Å². The van der Waals surface area contributed by atoms with Crippen molar-refractivity contribution in [2.45, 2.75) is 19.3 Å². The van der Waals surface area contributed by atoms with Crippen molar-refractivity contribution in [3.8, 4) is 17.1 Å². The molecule has 138 valence electrons. The van der Waals surface area contributed by atoms with Crippen LogP contribution in [0.3, 0.4) is 0 Å². The van der Waals surface area contributed by atoms with E-state index in [0.717, 1.165) is 17.0 Å². The second kappa shape index (κ2) is 7.40. The molecule has 0 aliphatic carbocycles. The highest BCUT2D eigenvalue weighted by Gasteiger charge is 2.35. The van der Waals surface area contributed by atoms with Crippen LogP contribution in [0, 0.1) is 0 Å². The number of rotatable bonds is 5. The molecule has 3 aromatic rings. The number of benzene rings is 2. The molecule has 6 nitrogen and oxygen atoms in total. The van der Waals surface area contributed by atoms with Crippen LogP contribution < -0.4 is 9.64 Å². The van der Waals surface area contributed by atoms with Gasteiger partial charge in [-0.15, -0.1) is 0 Å². The molecule has 0 unspecified atom stereocenters. The smallest absolute Gasteiger partial charge is 0.232 e. The molecule has 1 atom stereocenters. The summed E-state index contributed by atoms with van der Waals surface area (Å²) < 4.78 is 10.9. The van der Waals surface area contributed by atoms with Crippen molar-refractivity contribution in [1.29, 1.82) is 0 Å². The standard InChI is InChI=1S/C20H18ClN3O3/c1-2-26-17-9-7-16(8-10-17)24-12-14(11-18(24)25)20-22-19(23-27-20)13-3-5-15(21)6-4-13/h3-10,14H,2,11-12H2,1H3/t14-/m1/s1. The first kappa shape index (κ1) is 17.5. The monoisotopic (exact) mass is 383 g/mol. The van der Waals surface area contributed by atoms with E-state index in [1.807, 2.05) is 43.3 Å². The summed E-state index contributed by atoms with van der Waals surface area (Å²) >= 11 is 5.91. The number of carbonyl (C=O) groups excluding carboxylic acids is 1. The molecule has 27 heavy (non-hydrogen) atoms. The van der Waals surface area contributed by atoms with Gasteiger partial charge in [0.2, 0.25) is 17.6 Å². The second-order valence-electron chi connectivity index (χ2n) is 6.30. The average molecular weight is 384 g/mol. The molecule has 1 aliphatic heterocycles. The van der Waals surface area contributed by atoms with Gasteiger partial charge in [-0.1, -0.05) is 16.8 Å². The molecule has 2 heterocycles. The number of ether oxygens (including phenoxy) is 1. The average Bonchev–Trinajstić information content (AvgIpc) is 3.30. The predicted molar refractivity (Wildman–Crippen MR) is 102 cm³/mol. The zero-order valence-electron chi connectivity index (χ0n) is 14.8. The summed E-state index contributed by atoms with van der Waals surface area (Å²) in [4.78, 5) is 18.7. The van der Waals surface area contributed by atoms with Gasteiger partial charge in [0.15, 0.2) is 0 Å². The Balaban J connectivity index is 1.50. The number of carbonyl (C=O) groups is 1. The van der Waals surface area contributed by atoms with E-state index in [0.29, 0.717) is 36.3 Å². The Morgan fingerprint density at radius 1 is 1.19 bits per heavy atom. The van der Waals surface area contributed by atoms with Gasteiger partial charge in [-0.05, 0) is 55.5 Å². The maximum atomic E-state index is 12.5. The van der Waals surface area contributed by atoms with E-state index >= 15 is 0 Å². The predicted octanol–water partition coefficient (Wildman–Crippen LogP) is 4.31. The van der Waals surface area contributed by atoms with Gasteiger partial charge >= 0.3 is 0 Å². The van der Waals surface area contributed by atoms with E-state index in [1.165, 1.54) is 0 Å². The molecule has 1 aliphatic rings. The number of amides is 1. The Morgan fingerprint density at radius 2 is 1.93 bits per heavy atom. The van der Waals surface area contributed by atoms with Crippen molar-refractivity contribution >= 4 is 23.2 Å². The minimum absolute atomic E-state index is 0.0374. The normalized spacial score (nSPS) is 16.7. The third-order valence-corrected chi connectivity index (χ3v) is 4.73. The van der Waals surface area contributed by atoms with Crippen LogP contribution >= 0.6 is 11.6 Å². The number of halogens is 1. The van der Waals surface area contributed by atoms with Crippen molar-refractivity contribution in [1.82, 2.24) is 10.1 Å². The minimum Gasteiger partial charge on any atom is -0.494 e. The Hall–Kier alpha value is -2.86. The first-order valence-electron chi connectivity index (χ1n) is 8.77. The van der Waals surface area contributed by atoms with Gasteiger partial charge in [-0.3, -0.25) is 4.79 Å². The van der Waals surface area contributed by atoms with Crippen LogP contribution in [0.15, 0.2) is 53.1 Å². The lowest BCUT2D eigenvalue weighted by atomic mass is 10.1. The summed E-state index contributed by atoms with van der Waals surface area (Å²) in [6.07, 6.45) is 0.343. The lowest BCUT2D eigenvalue weighted by molar-refractivity contribution is -0.117. The summed E-state index contributed by atoms with van der Waals surface area (Å²) in [5.41, 5.74) is 1.66. The molecule has 1 amide bonds. The van der Waals surface area contributed by atoms with Crippen molar-refractivity contribution in [3.63, 3.8) is 0 Å². The molecule has 1 aromatic heterocycles. The maximum absolute atomic E-state index is 12.5. The van der Waals surface area contributed by atoms with E-state index in [4.69, 9.17) is 20.9 Å². The highest BCUT2D eigenvalue weighted by atomic mass is 35.5. The lowest BCUT2D eigenvalue weighted by Gasteiger charge is -2.16. The number of hydrogen-bond acceptors (Lipinski definition) is 5. The van der Waals surface area contributed by atoms with Gasteiger partial charge < -0.3 is 14.2 Å². The van der Waals surface area contributed by atoms with Crippen molar-refractivity contribution in [2.24, 2.45) is 0 Å². The summed E-state index contributed by atoms with van der Waals surface area (Å²) in [6.45, 7) is 3.05. The molecular formula is C20H18ClN3O3. The number of anilines is 1. The number of hydrogen-bond donors (Lipinski definition) is 0. The van der Waals surface area contributed by atoms with Crippen LogP contribution in [0.1, 0.15) is 25.2 Å². The second-order valence-corrected chi connectivity index (χ2v) is 6.73. The van der Waals surface area contributed by atoms with Gasteiger partial charge in [-0.2, -0.15) is 4.98 Å². The van der Waals surface area contributed by atoms with Crippen LogP contribution in [-0.2, 0) is 4.79 Å². The quantitative estimate of drug-likeness (QED) is 0.656. The summed E-state index contributed by atoms with van der Waals surface area (Å²) in [7, 11) is 0. The van der Waals surface area contributed by atoms with Crippen LogP contribution in [-0.4, -0.2) is 29.2 Å². The van der Waals surface area contributed by atoms with Crippen LogP contribution in [0.5, 0.6) is 5.75 Å². The van der Waals surface area contributed by atoms with E-state index in [1.54, 1.807) is 17.0 Å². The van der Waals surface area contributed by atoms with Gasteiger partial charge in [0.25, 0.3) is 0 Å². The number of nitrogens with zero attached hydrogens (tertiary/aromatic N) is 3. The van der Waals surface area contributed by atoms with Crippen molar-refractivity contribution in [2.75, 3.05) is 18.1 Å².